The summed E-state index contributed by atoms with van der Waals surface area (Å²) in [5.74, 6) is 1.48. The van der Waals surface area contributed by atoms with Gasteiger partial charge in [-0.25, -0.2) is 19.5 Å². The summed E-state index contributed by atoms with van der Waals surface area (Å²) in [6.07, 6.45) is 0. The number of fused-ring (bicyclic) bond motifs is 10. The van der Waals surface area contributed by atoms with Crippen LogP contribution in [0.15, 0.2) is 196 Å². The Labute approximate surface area is 357 Å². The van der Waals surface area contributed by atoms with Crippen LogP contribution < -0.4 is 11.1 Å². The molecule has 0 saturated carbocycles. The first kappa shape index (κ1) is 35.9. The van der Waals surface area contributed by atoms with E-state index in [-0.39, 0.29) is 0 Å². The van der Waals surface area contributed by atoms with Crippen molar-refractivity contribution in [3.8, 4) is 51.6 Å². The summed E-state index contributed by atoms with van der Waals surface area (Å²) in [7, 11) is 0. The molecule has 12 rings (SSSR count). The molecule has 9 heteroatoms. The van der Waals surface area contributed by atoms with Gasteiger partial charge in [0.1, 0.15) is 11.2 Å². The van der Waals surface area contributed by atoms with E-state index in [1.54, 1.807) is 18.2 Å². The van der Waals surface area contributed by atoms with E-state index in [4.69, 9.17) is 19.4 Å². The first-order valence-corrected chi connectivity index (χ1v) is 20.4. The van der Waals surface area contributed by atoms with Crippen molar-refractivity contribution in [3.05, 3.63) is 208 Å². The maximum atomic E-state index is 15.7. The third-order valence-corrected chi connectivity index (χ3v) is 11.8. The van der Waals surface area contributed by atoms with Crippen LogP contribution in [0.1, 0.15) is 5.56 Å². The van der Waals surface area contributed by atoms with E-state index in [9.17, 15) is 5.26 Å². The number of nitriles is 1. The van der Waals surface area contributed by atoms with Gasteiger partial charge in [-0.1, -0.05) is 103 Å². The highest BCUT2D eigenvalue weighted by Gasteiger charge is 2.22. The second-order valence-corrected chi connectivity index (χ2v) is 15.4. The van der Waals surface area contributed by atoms with Crippen LogP contribution in [0.4, 0.5) is 0 Å². The maximum absolute atomic E-state index is 15.7. The summed E-state index contributed by atoms with van der Waals surface area (Å²) in [5.41, 5.74) is 5.94. The molecule has 0 aliphatic heterocycles. The van der Waals surface area contributed by atoms with Crippen LogP contribution in [0.5, 0.6) is 0 Å². The van der Waals surface area contributed by atoms with Gasteiger partial charge >= 0.3 is 0 Å². The number of hydrogen-bond acceptors (Lipinski definition) is 7. The van der Waals surface area contributed by atoms with Gasteiger partial charge in [0.15, 0.2) is 17.5 Å². The summed E-state index contributed by atoms with van der Waals surface area (Å²) in [5, 5.41) is 14.9. The lowest BCUT2D eigenvalue weighted by Gasteiger charge is -2.09. The van der Waals surface area contributed by atoms with Crippen LogP contribution in [0.2, 0.25) is 0 Å². The zero-order chi connectivity index (χ0) is 42.2. The summed E-state index contributed by atoms with van der Waals surface area (Å²) < 4.78 is 9.72. The third-order valence-electron chi connectivity index (χ3n) is 11.8. The van der Waals surface area contributed by atoms with Gasteiger partial charge in [0.05, 0.1) is 33.7 Å². The highest BCUT2D eigenvalue weighted by Crippen LogP contribution is 2.39. The zero-order valence-electron chi connectivity index (χ0n) is 33.2. The second kappa shape index (κ2) is 14.0. The molecule has 0 saturated heterocycles. The van der Waals surface area contributed by atoms with E-state index in [0.717, 1.165) is 38.6 Å². The fraction of sp³-hybridized carbons (Fsp3) is 0. The Morgan fingerprint density at radius 1 is 0.413 bits per heavy atom. The summed E-state index contributed by atoms with van der Waals surface area (Å²) in [6.45, 7) is 0. The number of aromatic nitrogens is 5. The molecule has 0 spiro atoms. The van der Waals surface area contributed by atoms with E-state index in [1.807, 2.05) is 164 Å². The molecule has 4 heterocycles. The van der Waals surface area contributed by atoms with Gasteiger partial charge in [-0.05, 0) is 89.6 Å². The topological polar surface area (TPSA) is 120 Å². The fourth-order valence-electron chi connectivity index (χ4n) is 8.91. The van der Waals surface area contributed by atoms with E-state index in [2.05, 4.69) is 10.6 Å². The van der Waals surface area contributed by atoms with Gasteiger partial charge in [0.2, 0.25) is 0 Å². The van der Waals surface area contributed by atoms with Crippen LogP contribution in [-0.4, -0.2) is 24.1 Å². The molecular formula is C54H30N6O3. The Morgan fingerprint density at radius 2 is 1.00 bits per heavy atom. The summed E-state index contributed by atoms with van der Waals surface area (Å²) in [4.78, 5) is 45.6. The van der Waals surface area contributed by atoms with E-state index >= 15 is 9.59 Å². The maximum Gasteiger partial charge on any atom is 0.266 e. The highest BCUT2D eigenvalue weighted by atomic mass is 16.3. The molecule has 9 nitrogen and oxygen atoms in total. The number of nitrogens with zero attached hydrogens (tertiary/aromatic N) is 6. The van der Waals surface area contributed by atoms with Gasteiger partial charge in [-0.3, -0.25) is 9.59 Å². The molecular weight excluding hydrogens is 781 g/mol. The van der Waals surface area contributed by atoms with Crippen LogP contribution in [0, 0.1) is 11.3 Å². The molecule has 63 heavy (non-hydrogen) atoms. The summed E-state index contributed by atoms with van der Waals surface area (Å²) >= 11 is 0. The van der Waals surface area contributed by atoms with Crippen molar-refractivity contribution in [1.29, 1.82) is 5.26 Å². The smallest absolute Gasteiger partial charge is 0.266 e. The van der Waals surface area contributed by atoms with Crippen molar-refractivity contribution in [1.82, 2.24) is 24.1 Å². The SMILES string of the molecule is N#Cc1ccc2c(c1)c1c3c(=O)n(-c4ccc(-c5nc(-c6ccccc6)nc(-c6ccccc6)n5)cc4)c(=O)c4cc5c(cc4c3ccc1n2-c1ccccc1)oc1ccccc15. The Morgan fingerprint density at radius 3 is 1.67 bits per heavy atom. The normalized spacial score (nSPS) is 11.6. The number of para-hydroxylation sites is 2. The molecule has 294 valence electrons. The molecule has 0 bridgehead atoms. The van der Waals surface area contributed by atoms with Gasteiger partial charge in [-0.2, -0.15) is 5.26 Å². The third kappa shape index (κ3) is 5.66. The molecule has 12 aromatic rings. The zero-order valence-corrected chi connectivity index (χ0v) is 33.2. The average Bonchev–Trinajstić information content (AvgIpc) is 3.86. The fourth-order valence-corrected chi connectivity index (χ4v) is 8.91. The lowest BCUT2D eigenvalue weighted by molar-refractivity contribution is 0.669. The van der Waals surface area contributed by atoms with Gasteiger partial charge in [0.25, 0.3) is 11.1 Å². The van der Waals surface area contributed by atoms with E-state index < -0.39 is 11.1 Å². The number of benzene rings is 8. The molecule has 0 atom stereocenters. The minimum absolute atomic E-state index is 0.339. The Kier molecular flexibility index (Phi) is 8.01. The Bertz CT molecular complexity index is 3950. The Balaban J connectivity index is 1.17. The van der Waals surface area contributed by atoms with Gasteiger partial charge in [-0.15, -0.1) is 0 Å². The van der Waals surface area contributed by atoms with Gasteiger partial charge in [0, 0.05) is 49.3 Å². The van der Waals surface area contributed by atoms with E-state index in [0.29, 0.717) is 77.8 Å². The first-order valence-electron chi connectivity index (χ1n) is 20.4. The number of hydrogen-bond donors (Lipinski definition) is 0. The Hall–Kier alpha value is -9.00. The first-order chi connectivity index (χ1) is 31.0. The lowest BCUT2D eigenvalue weighted by Crippen LogP contribution is -2.28. The standard InChI is InChI=1S/C54H30N6O3/c55-31-32-20-26-44-43(28-32)48-45(59(44)36-16-8-3-9-17-36)27-25-39-40-30-47-41(38-18-10-11-19-46(38)63-47)29-42(40)53(61)60(54(62)49(39)48)37-23-21-35(22-24-37)52-57-50(33-12-4-1-5-13-33)56-51(58-52)34-14-6-2-7-15-34/h1-30H. The molecule has 0 aliphatic rings. The quantitative estimate of drug-likeness (QED) is 0.170. The molecule has 8 aromatic carbocycles. The van der Waals surface area contributed by atoms with Crippen molar-refractivity contribution in [2.24, 2.45) is 0 Å². The molecule has 0 unspecified atom stereocenters. The van der Waals surface area contributed by atoms with Crippen molar-refractivity contribution in [3.63, 3.8) is 0 Å². The summed E-state index contributed by atoms with van der Waals surface area (Å²) in [6, 6.07) is 59.7. The van der Waals surface area contributed by atoms with Crippen molar-refractivity contribution >= 4 is 65.3 Å². The number of furan rings is 1. The highest BCUT2D eigenvalue weighted by molar-refractivity contribution is 6.26. The number of rotatable bonds is 5. The van der Waals surface area contributed by atoms with Crippen molar-refractivity contribution in [2.75, 3.05) is 0 Å². The predicted molar refractivity (Wildman–Crippen MR) is 249 cm³/mol. The van der Waals surface area contributed by atoms with Crippen molar-refractivity contribution < 1.29 is 4.42 Å². The van der Waals surface area contributed by atoms with Crippen LogP contribution in [0.25, 0.3) is 111 Å². The monoisotopic (exact) mass is 810 g/mol. The lowest BCUT2D eigenvalue weighted by atomic mass is 10.0. The molecule has 4 aromatic heterocycles. The van der Waals surface area contributed by atoms with Crippen molar-refractivity contribution in [2.45, 2.75) is 0 Å². The van der Waals surface area contributed by atoms with E-state index in [1.165, 1.54) is 4.57 Å². The largest absolute Gasteiger partial charge is 0.456 e. The average molecular weight is 811 g/mol. The molecule has 0 radical (unpaired) electrons. The molecule has 0 N–H and O–H groups in total. The van der Waals surface area contributed by atoms with Crippen LogP contribution in [-0.2, 0) is 0 Å². The molecule has 0 aliphatic carbocycles. The molecule has 0 fully saturated rings. The predicted octanol–water partition coefficient (Wildman–Crippen LogP) is 11.6. The second-order valence-electron chi connectivity index (χ2n) is 15.4. The van der Waals surface area contributed by atoms with Gasteiger partial charge < -0.3 is 8.98 Å². The van der Waals surface area contributed by atoms with Crippen LogP contribution in [0.3, 0.4) is 0 Å². The minimum Gasteiger partial charge on any atom is -0.456 e. The molecule has 0 amide bonds. The van der Waals surface area contributed by atoms with Crippen LogP contribution >= 0.6 is 0 Å². The minimum atomic E-state index is -0.501.